The summed E-state index contributed by atoms with van der Waals surface area (Å²) in [7, 11) is 0. The second-order valence-electron chi connectivity index (χ2n) is 9.71. The van der Waals surface area contributed by atoms with Crippen molar-refractivity contribution >= 4 is 5.97 Å². The van der Waals surface area contributed by atoms with Crippen LogP contribution >= 0.6 is 0 Å². The number of carbonyl (C=O) groups is 1. The molecule has 1 N–H and O–H groups in total. The van der Waals surface area contributed by atoms with E-state index < -0.39 is 0 Å². The SMILES string of the molecule is CCCCCCCCC(C)OC(=O)CCCCCCCN(CCO)CCCCCCCC. The first kappa shape index (κ1) is 31.4. The van der Waals surface area contributed by atoms with Gasteiger partial charge in [-0.3, -0.25) is 4.79 Å². The average molecular weight is 456 g/mol. The van der Waals surface area contributed by atoms with Crippen molar-refractivity contribution in [2.24, 2.45) is 0 Å². The number of esters is 1. The number of rotatable bonds is 25. The van der Waals surface area contributed by atoms with Crippen LogP contribution in [0.5, 0.6) is 0 Å². The van der Waals surface area contributed by atoms with Crippen LogP contribution in [0.4, 0.5) is 0 Å². The third kappa shape index (κ3) is 22.6. The molecule has 4 nitrogen and oxygen atoms in total. The Morgan fingerprint density at radius 1 is 0.688 bits per heavy atom. The molecular weight excluding hydrogens is 398 g/mol. The zero-order valence-electron chi connectivity index (χ0n) is 22.1. The van der Waals surface area contributed by atoms with E-state index in [1.54, 1.807) is 0 Å². The van der Waals surface area contributed by atoms with Gasteiger partial charge in [0.05, 0.1) is 12.7 Å². The van der Waals surface area contributed by atoms with Crippen LogP contribution in [0.15, 0.2) is 0 Å². The number of aliphatic hydroxyl groups is 1. The van der Waals surface area contributed by atoms with Gasteiger partial charge in [-0.2, -0.15) is 0 Å². The molecule has 0 aliphatic rings. The predicted octanol–water partition coefficient (Wildman–Crippen LogP) is 7.66. The molecule has 0 spiro atoms. The second-order valence-corrected chi connectivity index (χ2v) is 9.71. The maximum absolute atomic E-state index is 12.0. The van der Waals surface area contributed by atoms with E-state index in [-0.39, 0.29) is 18.7 Å². The first-order valence-corrected chi connectivity index (χ1v) is 14.2. The Morgan fingerprint density at radius 3 is 1.69 bits per heavy atom. The minimum Gasteiger partial charge on any atom is -0.463 e. The number of ether oxygens (including phenoxy) is 1. The van der Waals surface area contributed by atoms with Crippen molar-refractivity contribution in [1.29, 1.82) is 0 Å². The fraction of sp³-hybridized carbons (Fsp3) is 0.964. The Kier molecular flexibility index (Phi) is 24.5. The Bertz CT molecular complexity index is 389. The molecule has 0 fully saturated rings. The third-order valence-electron chi connectivity index (χ3n) is 6.40. The monoisotopic (exact) mass is 455 g/mol. The molecule has 0 aliphatic carbocycles. The first-order valence-electron chi connectivity index (χ1n) is 14.2. The highest BCUT2D eigenvalue weighted by Gasteiger charge is 2.09. The van der Waals surface area contributed by atoms with Gasteiger partial charge in [0.1, 0.15) is 0 Å². The molecule has 0 aromatic carbocycles. The number of aliphatic hydroxyl groups excluding tert-OH is 1. The normalized spacial score (nSPS) is 12.4. The highest BCUT2D eigenvalue weighted by molar-refractivity contribution is 5.69. The number of carbonyl (C=O) groups excluding carboxylic acids is 1. The van der Waals surface area contributed by atoms with Crippen LogP contribution in [0, 0.1) is 0 Å². The summed E-state index contributed by atoms with van der Waals surface area (Å²) in [5.74, 6) is -0.0171. The van der Waals surface area contributed by atoms with Crippen LogP contribution in [0.2, 0.25) is 0 Å². The molecule has 32 heavy (non-hydrogen) atoms. The van der Waals surface area contributed by atoms with E-state index in [0.29, 0.717) is 6.42 Å². The fourth-order valence-corrected chi connectivity index (χ4v) is 4.28. The molecule has 0 saturated carbocycles. The van der Waals surface area contributed by atoms with Crippen molar-refractivity contribution in [3.8, 4) is 0 Å². The summed E-state index contributed by atoms with van der Waals surface area (Å²) in [6, 6.07) is 0. The van der Waals surface area contributed by atoms with Crippen LogP contribution in [-0.2, 0) is 9.53 Å². The van der Waals surface area contributed by atoms with Crippen molar-refractivity contribution in [3.05, 3.63) is 0 Å². The van der Waals surface area contributed by atoms with Gasteiger partial charge in [0.15, 0.2) is 0 Å². The molecule has 0 radical (unpaired) electrons. The summed E-state index contributed by atoms with van der Waals surface area (Å²) in [5, 5.41) is 9.30. The molecule has 0 amide bonds. The topological polar surface area (TPSA) is 49.8 Å². The van der Waals surface area contributed by atoms with Gasteiger partial charge < -0.3 is 14.7 Å². The van der Waals surface area contributed by atoms with Crippen molar-refractivity contribution in [2.75, 3.05) is 26.2 Å². The van der Waals surface area contributed by atoms with Crippen molar-refractivity contribution in [1.82, 2.24) is 4.90 Å². The average Bonchev–Trinajstić information content (AvgIpc) is 2.77. The van der Waals surface area contributed by atoms with Crippen LogP contribution in [-0.4, -0.2) is 48.3 Å². The fourth-order valence-electron chi connectivity index (χ4n) is 4.28. The Labute approximate surface area is 200 Å². The summed E-state index contributed by atoms with van der Waals surface area (Å²) in [6.45, 7) is 9.81. The number of unbranched alkanes of at least 4 members (excludes halogenated alkanes) is 14. The third-order valence-corrected chi connectivity index (χ3v) is 6.40. The molecule has 0 rings (SSSR count). The number of hydrogen-bond acceptors (Lipinski definition) is 4. The van der Waals surface area contributed by atoms with Crippen molar-refractivity contribution in [3.63, 3.8) is 0 Å². The lowest BCUT2D eigenvalue weighted by Crippen LogP contribution is -2.29. The maximum Gasteiger partial charge on any atom is 0.306 e. The van der Waals surface area contributed by atoms with Gasteiger partial charge in [-0.05, 0) is 52.1 Å². The predicted molar refractivity (Wildman–Crippen MR) is 138 cm³/mol. The Balaban J connectivity index is 3.59. The van der Waals surface area contributed by atoms with Gasteiger partial charge >= 0.3 is 5.97 Å². The van der Waals surface area contributed by atoms with Gasteiger partial charge in [0, 0.05) is 13.0 Å². The van der Waals surface area contributed by atoms with Crippen molar-refractivity contribution in [2.45, 2.75) is 149 Å². The largest absolute Gasteiger partial charge is 0.463 e. The minimum atomic E-state index is -0.0171. The van der Waals surface area contributed by atoms with Gasteiger partial charge in [-0.25, -0.2) is 0 Å². The summed E-state index contributed by atoms with van der Waals surface area (Å²) in [5.41, 5.74) is 0. The minimum absolute atomic E-state index is 0.0171. The van der Waals surface area contributed by atoms with Crippen molar-refractivity contribution < 1.29 is 14.6 Å². The Morgan fingerprint density at radius 2 is 1.16 bits per heavy atom. The first-order chi connectivity index (χ1) is 15.6. The van der Waals surface area contributed by atoms with Gasteiger partial charge in [0.2, 0.25) is 0 Å². The molecule has 4 heteroatoms. The van der Waals surface area contributed by atoms with E-state index in [1.165, 1.54) is 96.3 Å². The van der Waals surface area contributed by atoms with Crippen LogP contribution in [0.1, 0.15) is 143 Å². The van der Waals surface area contributed by atoms with E-state index in [1.807, 2.05) is 6.92 Å². The van der Waals surface area contributed by atoms with E-state index in [2.05, 4.69) is 18.7 Å². The maximum atomic E-state index is 12.0. The quantitative estimate of drug-likeness (QED) is 0.113. The molecule has 192 valence electrons. The zero-order valence-corrected chi connectivity index (χ0v) is 22.1. The van der Waals surface area contributed by atoms with Gasteiger partial charge in [-0.15, -0.1) is 0 Å². The zero-order chi connectivity index (χ0) is 23.7. The van der Waals surface area contributed by atoms with E-state index in [9.17, 15) is 9.90 Å². The molecule has 0 aromatic rings. The van der Waals surface area contributed by atoms with Crippen LogP contribution in [0.25, 0.3) is 0 Å². The molecule has 0 heterocycles. The molecule has 0 bridgehead atoms. The van der Waals surface area contributed by atoms with E-state index in [4.69, 9.17) is 4.74 Å². The standard InChI is InChI=1S/C28H57NO3/c1-4-6-8-10-13-17-21-27(3)32-28(31)22-18-14-12-16-20-24-29(25-26-30)23-19-15-11-9-7-5-2/h27,30H,4-26H2,1-3H3. The summed E-state index contributed by atoms with van der Waals surface area (Å²) >= 11 is 0. The van der Waals surface area contributed by atoms with Gasteiger partial charge in [-0.1, -0.05) is 97.3 Å². The van der Waals surface area contributed by atoms with E-state index >= 15 is 0 Å². The molecule has 1 atom stereocenters. The molecule has 0 aliphatic heterocycles. The molecule has 0 aromatic heterocycles. The number of hydrogen-bond donors (Lipinski definition) is 1. The molecule has 0 saturated heterocycles. The lowest BCUT2D eigenvalue weighted by molar-refractivity contribution is -0.148. The van der Waals surface area contributed by atoms with E-state index in [0.717, 1.165) is 38.9 Å². The van der Waals surface area contributed by atoms with Crippen LogP contribution in [0.3, 0.4) is 0 Å². The number of nitrogens with zero attached hydrogens (tertiary/aromatic N) is 1. The van der Waals surface area contributed by atoms with Crippen LogP contribution < -0.4 is 0 Å². The smallest absolute Gasteiger partial charge is 0.306 e. The second kappa shape index (κ2) is 25.0. The summed E-state index contributed by atoms with van der Waals surface area (Å²) < 4.78 is 5.56. The lowest BCUT2D eigenvalue weighted by Gasteiger charge is -2.21. The lowest BCUT2D eigenvalue weighted by atomic mass is 10.1. The molecule has 1 unspecified atom stereocenters. The molecular formula is C28H57NO3. The highest BCUT2D eigenvalue weighted by Crippen LogP contribution is 2.13. The van der Waals surface area contributed by atoms with Gasteiger partial charge in [0.25, 0.3) is 0 Å². The highest BCUT2D eigenvalue weighted by atomic mass is 16.5. The summed E-state index contributed by atoms with van der Waals surface area (Å²) in [6.07, 6.45) is 22.9. The summed E-state index contributed by atoms with van der Waals surface area (Å²) in [4.78, 5) is 14.4. The Hall–Kier alpha value is -0.610.